The summed E-state index contributed by atoms with van der Waals surface area (Å²) >= 11 is 6.05. The maximum atomic E-state index is 6.05. The summed E-state index contributed by atoms with van der Waals surface area (Å²) in [4.78, 5) is 3.96. The van der Waals surface area contributed by atoms with Gasteiger partial charge in [0.2, 0.25) is 0 Å². The predicted molar refractivity (Wildman–Crippen MR) is 59.9 cm³/mol. The molecule has 0 radical (unpaired) electrons. The van der Waals surface area contributed by atoms with E-state index < -0.39 is 0 Å². The smallest absolute Gasteiger partial charge is 0.0621 e. The SMILES string of the molecule is NC1CCOCC1Cc1ccncc1Cl. The number of nitrogens with zero attached hydrogens (tertiary/aromatic N) is 1. The summed E-state index contributed by atoms with van der Waals surface area (Å²) in [5.41, 5.74) is 7.15. The Morgan fingerprint density at radius 3 is 3.20 bits per heavy atom. The van der Waals surface area contributed by atoms with Crippen LogP contribution >= 0.6 is 11.6 Å². The zero-order valence-electron chi connectivity index (χ0n) is 8.53. The Labute approximate surface area is 94.6 Å². The van der Waals surface area contributed by atoms with Gasteiger partial charge in [0.05, 0.1) is 11.6 Å². The zero-order valence-corrected chi connectivity index (χ0v) is 9.28. The Balaban J connectivity index is 2.04. The molecule has 0 saturated carbocycles. The topological polar surface area (TPSA) is 48.1 Å². The summed E-state index contributed by atoms with van der Waals surface area (Å²) in [7, 11) is 0. The van der Waals surface area contributed by atoms with E-state index in [0.29, 0.717) is 5.92 Å². The van der Waals surface area contributed by atoms with Gasteiger partial charge in [0.1, 0.15) is 0 Å². The molecule has 1 aliphatic rings. The Morgan fingerprint density at radius 2 is 2.47 bits per heavy atom. The van der Waals surface area contributed by atoms with Crippen molar-refractivity contribution in [3.63, 3.8) is 0 Å². The Morgan fingerprint density at radius 1 is 1.60 bits per heavy atom. The van der Waals surface area contributed by atoms with E-state index >= 15 is 0 Å². The molecule has 1 saturated heterocycles. The molecule has 2 N–H and O–H groups in total. The molecule has 1 fully saturated rings. The molecule has 0 spiro atoms. The van der Waals surface area contributed by atoms with E-state index in [1.165, 1.54) is 0 Å². The van der Waals surface area contributed by atoms with Gasteiger partial charge in [-0.2, -0.15) is 0 Å². The molecule has 2 rings (SSSR count). The summed E-state index contributed by atoms with van der Waals surface area (Å²) in [5.74, 6) is 0.374. The van der Waals surface area contributed by atoms with E-state index in [-0.39, 0.29) is 6.04 Å². The summed E-state index contributed by atoms with van der Waals surface area (Å²) < 4.78 is 5.43. The van der Waals surface area contributed by atoms with Gasteiger partial charge in [-0.3, -0.25) is 4.98 Å². The summed E-state index contributed by atoms with van der Waals surface area (Å²) in [6.07, 6.45) is 5.25. The highest BCUT2D eigenvalue weighted by Gasteiger charge is 2.23. The lowest BCUT2D eigenvalue weighted by atomic mass is 9.90. The molecule has 2 atom stereocenters. The van der Waals surface area contributed by atoms with Crippen LogP contribution in [0.4, 0.5) is 0 Å². The molecule has 2 heterocycles. The van der Waals surface area contributed by atoms with E-state index in [4.69, 9.17) is 22.1 Å². The monoisotopic (exact) mass is 226 g/mol. The van der Waals surface area contributed by atoms with E-state index in [9.17, 15) is 0 Å². The lowest BCUT2D eigenvalue weighted by Crippen LogP contribution is -2.39. The van der Waals surface area contributed by atoms with Gasteiger partial charge in [-0.05, 0) is 24.5 Å². The van der Waals surface area contributed by atoms with Crippen molar-refractivity contribution >= 4 is 11.6 Å². The number of hydrogen-bond acceptors (Lipinski definition) is 3. The fourth-order valence-electron chi connectivity index (χ4n) is 1.88. The minimum atomic E-state index is 0.225. The Bertz CT molecular complexity index is 332. The van der Waals surface area contributed by atoms with Crippen LogP contribution in [0.25, 0.3) is 0 Å². The molecule has 1 aromatic heterocycles. The molecular formula is C11H15ClN2O. The van der Waals surface area contributed by atoms with E-state index in [0.717, 1.165) is 36.6 Å². The zero-order chi connectivity index (χ0) is 10.7. The van der Waals surface area contributed by atoms with Crippen LogP contribution < -0.4 is 5.73 Å². The normalized spacial score (nSPS) is 26.5. The fraction of sp³-hybridized carbons (Fsp3) is 0.545. The average molecular weight is 227 g/mol. The summed E-state index contributed by atoms with van der Waals surface area (Å²) in [6.45, 7) is 1.52. The van der Waals surface area contributed by atoms with Gasteiger partial charge >= 0.3 is 0 Å². The third-order valence-corrected chi connectivity index (χ3v) is 3.21. The van der Waals surface area contributed by atoms with Crippen LogP contribution in [0.2, 0.25) is 5.02 Å². The van der Waals surface area contributed by atoms with Gasteiger partial charge in [0, 0.05) is 31.0 Å². The molecule has 0 bridgehead atoms. The second kappa shape index (κ2) is 4.92. The van der Waals surface area contributed by atoms with Gasteiger partial charge in [-0.15, -0.1) is 0 Å². The standard InChI is InChI=1S/C11H15ClN2O/c12-10-6-14-3-1-8(10)5-9-7-15-4-2-11(9)13/h1,3,6,9,11H,2,4-5,7,13H2. The van der Waals surface area contributed by atoms with Crippen molar-refractivity contribution in [1.82, 2.24) is 4.98 Å². The van der Waals surface area contributed by atoms with Crippen molar-refractivity contribution in [3.8, 4) is 0 Å². The van der Waals surface area contributed by atoms with Crippen molar-refractivity contribution in [2.75, 3.05) is 13.2 Å². The molecule has 3 nitrogen and oxygen atoms in total. The van der Waals surface area contributed by atoms with Gasteiger partial charge in [0.25, 0.3) is 0 Å². The van der Waals surface area contributed by atoms with Crippen LogP contribution in [0, 0.1) is 5.92 Å². The van der Waals surface area contributed by atoms with Gasteiger partial charge < -0.3 is 10.5 Å². The van der Waals surface area contributed by atoms with E-state index in [1.54, 1.807) is 12.4 Å². The van der Waals surface area contributed by atoms with Gasteiger partial charge in [0.15, 0.2) is 0 Å². The molecule has 2 unspecified atom stereocenters. The van der Waals surface area contributed by atoms with Crippen LogP contribution in [-0.2, 0) is 11.2 Å². The first-order valence-corrected chi connectivity index (χ1v) is 5.57. The molecule has 15 heavy (non-hydrogen) atoms. The molecule has 82 valence electrons. The summed E-state index contributed by atoms with van der Waals surface area (Å²) in [6, 6.07) is 2.17. The molecule has 1 aromatic rings. The van der Waals surface area contributed by atoms with Crippen LogP contribution in [0.1, 0.15) is 12.0 Å². The molecule has 4 heteroatoms. The Hall–Kier alpha value is -0.640. The number of ether oxygens (including phenoxy) is 1. The van der Waals surface area contributed by atoms with Crippen molar-refractivity contribution in [1.29, 1.82) is 0 Å². The average Bonchev–Trinajstić information content (AvgIpc) is 2.24. The lowest BCUT2D eigenvalue weighted by Gasteiger charge is -2.28. The quantitative estimate of drug-likeness (QED) is 0.834. The highest BCUT2D eigenvalue weighted by atomic mass is 35.5. The lowest BCUT2D eigenvalue weighted by molar-refractivity contribution is 0.0422. The number of halogens is 1. The Kier molecular flexibility index (Phi) is 3.57. The van der Waals surface area contributed by atoms with Crippen LogP contribution in [0.3, 0.4) is 0 Å². The highest BCUT2D eigenvalue weighted by molar-refractivity contribution is 6.31. The molecule has 1 aliphatic heterocycles. The minimum absolute atomic E-state index is 0.225. The van der Waals surface area contributed by atoms with Crippen molar-refractivity contribution < 1.29 is 4.74 Å². The number of aromatic nitrogens is 1. The largest absolute Gasteiger partial charge is 0.381 e. The van der Waals surface area contributed by atoms with Crippen LogP contribution in [0.15, 0.2) is 18.5 Å². The van der Waals surface area contributed by atoms with E-state index in [2.05, 4.69) is 4.98 Å². The van der Waals surface area contributed by atoms with Crippen LogP contribution in [0.5, 0.6) is 0 Å². The second-order valence-corrected chi connectivity index (χ2v) is 4.37. The first-order valence-electron chi connectivity index (χ1n) is 5.19. The first-order chi connectivity index (χ1) is 7.27. The third kappa shape index (κ3) is 2.68. The van der Waals surface area contributed by atoms with E-state index in [1.807, 2.05) is 6.07 Å². The maximum absolute atomic E-state index is 6.05. The molecule has 0 amide bonds. The number of hydrogen-bond donors (Lipinski definition) is 1. The fourth-order valence-corrected chi connectivity index (χ4v) is 2.07. The van der Waals surface area contributed by atoms with Gasteiger partial charge in [-0.25, -0.2) is 0 Å². The number of pyridine rings is 1. The summed E-state index contributed by atoms with van der Waals surface area (Å²) in [5, 5.41) is 0.718. The molecular weight excluding hydrogens is 212 g/mol. The minimum Gasteiger partial charge on any atom is -0.381 e. The maximum Gasteiger partial charge on any atom is 0.0621 e. The van der Waals surface area contributed by atoms with Gasteiger partial charge in [-0.1, -0.05) is 11.6 Å². The molecule has 0 aromatic carbocycles. The predicted octanol–water partition coefficient (Wildman–Crippen LogP) is 1.64. The first kappa shape index (κ1) is 10.9. The molecule has 0 aliphatic carbocycles. The second-order valence-electron chi connectivity index (χ2n) is 3.96. The number of nitrogens with two attached hydrogens (primary N) is 1. The number of rotatable bonds is 2. The van der Waals surface area contributed by atoms with Crippen molar-refractivity contribution in [2.45, 2.75) is 18.9 Å². The van der Waals surface area contributed by atoms with Crippen molar-refractivity contribution in [2.24, 2.45) is 11.7 Å². The van der Waals surface area contributed by atoms with Crippen LogP contribution in [-0.4, -0.2) is 24.2 Å². The third-order valence-electron chi connectivity index (χ3n) is 2.87. The van der Waals surface area contributed by atoms with Crippen molar-refractivity contribution in [3.05, 3.63) is 29.0 Å². The highest BCUT2D eigenvalue weighted by Crippen LogP contribution is 2.22.